The molecule has 7 heteroatoms. The van der Waals surface area contributed by atoms with E-state index in [1.54, 1.807) is 34.6 Å². The zero-order valence-electron chi connectivity index (χ0n) is 14.8. The second kappa shape index (κ2) is 7.97. The molecule has 0 bridgehead atoms. The lowest BCUT2D eigenvalue weighted by atomic mass is 10.2. The van der Waals surface area contributed by atoms with Gasteiger partial charge in [0.2, 0.25) is 10.0 Å². The molecule has 1 aliphatic rings. The Labute approximate surface area is 154 Å². The lowest BCUT2D eigenvalue weighted by Crippen LogP contribution is -2.32. The number of rotatable bonds is 4. The van der Waals surface area contributed by atoms with Crippen molar-refractivity contribution in [2.75, 3.05) is 18.4 Å². The number of hydrogen-bond acceptors (Lipinski definition) is 4. The lowest BCUT2D eigenvalue weighted by molar-refractivity contribution is 0.102. The molecule has 1 N–H and O–H groups in total. The van der Waals surface area contributed by atoms with Gasteiger partial charge in [-0.15, -0.1) is 0 Å². The van der Waals surface area contributed by atoms with E-state index in [1.807, 2.05) is 13.0 Å². The Morgan fingerprint density at radius 1 is 1.04 bits per heavy atom. The van der Waals surface area contributed by atoms with Gasteiger partial charge in [-0.05, 0) is 50.1 Å². The first kappa shape index (κ1) is 18.5. The average Bonchev–Trinajstić information content (AvgIpc) is 2.92. The van der Waals surface area contributed by atoms with Gasteiger partial charge >= 0.3 is 0 Å². The molecule has 1 aromatic heterocycles. The Hall–Kier alpha value is -2.25. The van der Waals surface area contributed by atoms with E-state index in [0.29, 0.717) is 24.5 Å². The molecule has 0 atom stereocenters. The highest BCUT2D eigenvalue weighted by molar-refractivity contribution is 7.89. The van der Waals surface area contributed by atoms with E-state index in [2.05, 4.69) is 10.3 Å². The van der Waals surface area contributed by atoms with Crippen LogP contribution in [-0.2, 0) is 10.0 Å². The van der Waals surface area contributed by atoms with Crippen LogP contribution in [0, 0.1) is 6.92 Å². The number of aromatic nitrogens is 1. The number of sulfonamides is 1. The number of benzene rings is 1. The third kappa shape index (κ3) is 4.28. The molecular weight excluding hydrogens is 350 g/mol. The maximum absolute atomic E-state index is 12.9. The van der Waals surface area contributed by atoms with Crippen molar-refractivity contribution in [1.29, 1.82) is 0 Å². The fourth-order valence-electron chi connectivity index (χ4n) is 3.03. The van der Waals surface area contributed by atoms with Crippen molar-refractivity contribution >= 4 is 21.6 Å². The van der Waals surface area contributed by atoms with Gasteiger partial charge in [0, 0.05) is 24.5 Å². The molecule has 6 nitrogen and oxygen atoms in total. The fourth-order valence-corrected chi connectivity index (χ4v) is 4.59. The lowest BCUT2D eigenvalue weighted by Gasteiger charge is -2.20. The third-order valence-electron chi connectivity index (χ3n) is 4.42. The molecule has 138 valence electrons. The van der Waals surface area contributed by atoms with Crippen LogP contribution in [0.5, 0.6) is 0 Å². The maximum Gasteiger partial charge on any atom is 0.274 e. The largest absolute Gasteiger partial charge is 0.321 e. The number of hydrogen-bond donors (Lipinski definition) is 1. The van der Waals surface area contributed by atoms with Crippen molar-refractivity contribution in [3.05, 3.63) is 53.9 Å². The number of aryl methyl sites for hydroxylation is 1. The molecule has 2 heterocycles. The quantitative estimate of drug-likeness (QED) is 0.892. The highest BCUT2D eigenvalue weighted by atomic mass is 32.2. The molecule has 26 heavy (non-hydrogen) atoms. The van der Waals surface area contributed by atoms with Crippen LogP contribution in [0.3, 0.4) is 0 Å². The van der Waals surface area contributed by atoms with E-state index in [1.165, 1.54) is 6.07 Å². The van der Waals surface area contributed by atoms with Crippen molar-refractivity contribution in [3.8, 4) is 0 Å². The smallest absolute Gasteiger partial charge is 0.274 e. The molecule has 0 radical (unpaired) electrons. The monoisotopic (exact) mass is 373 g/mol. The van der Waals surface area contributed by atoms with Crippen molar-refractivity contribution in [3.63, 3.8) is 0 Å². The SMILES string of the molecule is Cc1cccc(C(=O)Nc2cccc(S(=O)(=O)N3CCCCCC3)c2)n1. The first-order valence-electron chi connectivity index (χ1n) is 8.82. The summed E-state index contributed by atoms with van der Waals surface area (Å²) >= 11 is 0. The summed E-state index contributed by atoms with van der Waals surface area (Å²) in [6, 6.07) is 11.6. The second-order valence-corrected chi connectivity index (χ2v) is 8.40. The number of nitrogens with one attached hydrogen (secondary N) is 1. The molecule has 1 amide bonds. The Morgan fingerprint density at radius 2 is 1.73 bits per heavy atom. The first-order chi connectivity index (χ1) is 12.5. The van der Waals surface area contributed by atoms with Crippen LogP contribution in [0.4, 0.5) is 5.69 Å². The molecule has 0 saturated carbocycles. The fraction of sp³-hybridized carbons (Fsp3) is 0.368. The molecule has 1 fully saturated rings. The van der Waals surface area contributed by atoms with Crippen LogP contribution in [-0.4, -0.2) is 36.7 Å². The van der Waals surface area contributed by atoms with E-state index >= 15 is 0 Å². The highest BCUT2D eigenvalue weighted by Gasteiger charge is 2.25. The Kier molecular flexibility index (Phi) is 5.68. The van der Waals surface area contributed by atoms with Gasteiger partial charge in [-0.2, -0.15) is 4.31 Å². The Balaban J connectivity index is 1.80. The van der Waals surface area contributed by atoms with Crippen LogP contribution in [0.15, 0.2) is 47.4 Å². The molecule has 2 aromatic rings. The summed E-state index contributed by atoms with van der Waals surface area (Å²) in [5.41, 5.74) is 1.48. The van der Waals surface area contributed by atoms with E-state index in [-0.39, 0.29) is 10.8 Å². The van der Waals surface area contributed by atoms with Crippen LogP contribution < -0.4 is 5.32 Å². The van der Waals surface area contributed by atoms with Crippen LogP contribution >= 0.6 is 0 Å². The number of nitrogens with zero attached hydrogens (tertiary/aromatic N) is 2. The molecule has 1 aromatic carbocycles. The maximum atomic E-state index is 12.9. The van der Waals surface area contributed by atoms with Crippen LogP contribution in [0.2, 0.25) is 0 Å². The number of amides is 1. The Morgan fingerprint density at radius 3 is 2.42 bits per heavy atom. The minimum absolute atomic E-state index is 0.203. The summed E-state index contributed by atoms with van der Waals surface area (Å²) in [7, 11) is -3.55. The molecule has 1 aliphatic heterocycles. The summed E-state index contributed by atoms with van der Waals surface area (Å²) in [5.74, 6) is -0.363. The van der Waals surface area contributed by atoms with Crippen molar-refractivity contribution in [2.45, 2.75) is 37.5 Å². The van der Waals surface area contributed by atoms with Gasteiger partial charge in [0.25, 0.3) is 5.91 Å². The number of carbonyl (C=O) groups excluding carboxylic acids is 1. The van der Waals surface area contributed by atoms with Crippen molar-refractivity contribution in [1.82, 2.24) is 9.29 Å². The summed E-state index contributed by atoms with van der Waals surface area (Å²) in [5, 5.41) is 2.73. The second-order valence-electron chi connectivity index (χ2n) is 6.46. The highest BCUT2D eigenvalue weighted by Crippen LogP contribution is 2.23. The van der Waals surface area contributed by atoms with E-state index in [0.717, 1.165) is 31.4 Å². The van der Waals surface area contributed by atoms with Gasteiger partial charge < -0.3 is 5.32 Å². The first-order valence-corrected chi connectivity index (χ1v) is 10.3. The predicted octanol–water partition coefficient (Wildman–Crippen LogP) is 3.21. The zero-order chi connectivity index (χ0) is 18.6. The summed E-state index contributed by atoms with van der Waals surface area (Å²) in [4.78, 5) is 16.7. The number of carbonyl (C=O) groups is 1. The van der Waals surface area contributed by atoms with Gasteiger partial charge in [0.05, 0.1) is 4.90 Å². The standard InChI is InChI=1S/C19H23N3O3S/c1-15-8-6-11-18(20-15)19(23)21-16-9-7-10-17(14-16)26(24,25)22-12-4-2-3-5-13-22/h6-11,14H,2-5,12-13H2,1H3,(H,21,23). The topological polar surface area (TPSA) is 79.4 Å². The summed E-state index contributed by atoms with van der Waals surface area (Å²) < 4.78 is 27.3. The van der Waals surface area contributed by atoms with Crippen LogP contribution in [0.25, 0.3) is 0 Å². The number of anilines is 1. The van der Waals surface area contributed by atoms with Gasteiger partial charge in [-0.1, -0.05) is 25.0 Å². The average molecular weight is 373 g/mol. The Bertz CT molecular complexity index is 888. The number of pyridine rings is 1. The summed E-state index contributed by atoms with van der Waals surface area (Å²) in [6.07, 6.45) is 3.89. The predicted molar refractivity (Wildman–Crippen MR) is 101 cm³/mol. The van der Waals surface area contributed by atoms with Gasteiger partial charge in [0.15, 0.2) is 0 Å². The van der Waals surface area contributed by atoms with E-state index in [9.17, 15) is 13.2 Å². The van der Waals surface area contributed by atoms with Gasteiger partial charge in [0.1, 0.15) is 5.69 Å². The molecule has 3 rings (SSSR count). The molecule has 0 unspecified atom stereocenters. The molecule has 0 aliphatic carbocycles. The zero-order valence-corrected chi connectivity index (χ0v) is 15.6. The van der Waals surface area contributed by atoms with Gasteiger partial charge in [-0.25, -0.2) is 13.4 Å². The van der Waals surface area contributed by atoms with Crippen LogP contribution in [0.1, 0.15) is 41.9 Å². The minimum atomic E-state index is -3.55. The molecule has 0 spiro atoms. The minimum Gasteiger partial charge on any atom is -0.321 e. The van der Waals surface area contributed by atoms with E-state index in [4.69, 9.17) is 0 Å². The summed E-state index contributed by atoms with van der Waals surface area (Å²) in [6.45, 7) is 2.91. The van der Waals surface area contributed by atoms with Gasteiger partial charge in [-0.3, -0.25) is 4.79 Å². The normalized spacial score (nSPS) is 16.0. The molecule has 1 saturated heterocycles. The van der Waals surface area contributed by atoms with Crippen molar-refractivity contribution in [2.24, 2.45) is 0 Å². The van der Waals surface area contributed by atoms with Crippen molar-refractivity contribution < 1.29 is 13.2 Å². The molecular formula is C19H23N3O3S. The van der Waals surface area contributed by atoms with E-state index < -0.39 is 10.0 Å². The third-order valence-corrected chi connectivity index (χ3v) is 6.31.